The molecule has 1 heterocycles. The fourth-order valence-electron chi connectivity index (χ4n) is 3.79. The maximum absolute atomic E-state index is 12.4. The Labute approximate surface area is 162 Å². The van der Waals surface area contributed by atoms with E-state index in [4.69, 9.17) is 4.74 Å². The van der Waals surface area contributed by atoms with Crippen LogP contribution in [0.4, 0.5) is 0 Å². The molecule has 1 unspecified atom stereocenters. The first kappa shape index (κ1) is 19.4. The predicted octanol–water partition coefficient (Wildman–Crippen LogP) is 3.80. The van der Waals surface area contributed by atoms with E-state index < -0.39 is 0 Å². The smallest absolute Gasteiger partial charge is 0.220 e. The van der Waals surface area contributed by atoms with Crippen molar-refractivity contribution in [3.05, 3.63) is 65.7 Å². The zero-order chi connectivity index (χ0) is 18.9. The zero-order valence-corrected chi connectivity index (χ0v) is 16.2. The molecule has 1 aliphatic heterocycles. The van der Waals surface area contributed by atoms with Crippen molar-refractivity contribution >= 4 is 5.91 Å². The zero-order valence-electron chi connectivity index (χ0n) is 16.2. The number of likely N-dealkylation sites (tertiary alicyclic amines) is 1. The van der Waals surface area contributed by atoms with Crippen LogP contribution in [0.2, 0.25) is 0 Å². The number of hydrogen-bond donors (Lipinski definition) is 1. The molecule has 0 bridgehead atoms. The van der Waals surface area contributed by atoms with Crippen LogP contribution in [0.3, 0.4) is 0 Å². The van der Waals surface area contributed by atoms with E-state index >= 15 is 0 Å². The molecule has 1 saturated heterocycles. The number of benzene rings is 2. The average molecular weight is 367 g/mol. The number of methoxy groups -OCH3 is 1. The molecule has 2 aromatic carbocycles. The second-order valence-corrected chi connectivity index (χ2v) is 7.22. The van der Waals surface area contributed by atoms with Crippen molar-refractivity contribution in [2.45, 2.75) is 44.7 Å². The van der Waals surface area contributed by atoms with Gasteiger partial charge in [-0.15, -0.1) is 0 Å². The third kappa shape index (κ3) is 5.83. The Balaban J connectivity index is 1.47. The van der Waals surface area contributed by atoms with Gasteiger partial charge in [0.05, 0.1) is 7.11 Å². The van der Waals surface area contributed by atoms with Crippen molar-refractivity contribution in [2.75, 3.05) is 20.2 Å². The Morgan fingerprint density at radius 1 is 1.11 bits per heavy atom. The maximum atomic E-state index is 12.4. The van der Waals surface area contributed by atoms with E-state index in [-0.39, 0.29) is 5.91 Å². The highest BCUT2D eigenvalue weighted by molar-refractivity contribution is 5.76. The number of ether oxygens (including phenoxy) is 1. The maximum Gasteiger partial charge on any atom is 0.220 e. The largest absolute Gasteiger partial charge is 0.496 e. The third-order valence-electron chi connectivity index (χ3n) is 5.33. The number of nitrogens with one attached hydrogen (secondary N) is 1. The number of para-hydroxylation sites is 1. The Bertz CT molecular complexity index is 717. The summed E-state index contributed by atoms with van der Waals surface area (Å²) in [7, 11) is 1.67. The van der Waals surface area contributed by atoms with E-state index in [1.54, 1.807) is 7.11 Å². The van der Waals surface area contributed by atoms with Crippen LogP contribution in [0.1, 0.15) is 36.8 Å². The molecule has 4 nitrogen and oxygen atoms in total. The van der Waals surface area contributed by atoms with Crippen LogP contribution < -0.4 is 10.1 Å². The van der Waals surface area contributed by atoms with Crippen LogP contribution >= 0.6 is 0 Å². The second kappa shape index (κ2) is 10.1. The molecule has 4 heteroatoms. The minimum atomic E-state index is 0.117. The molecule has 0 saturated carbocycles. The highest BCUT2D eigenvalue weighted by Crippen LogP contribution is 2.20. The molecule has 1 aliphatic rings. The van der Waals surface area contributed by atoms with Crippen LogP contribution in [-0.2, 0) is 17.8 Å². The summed E-state index contributed by atoms with van der Waals surface area (Å²) in [6.45, 7) is 2.80. The van der Waals surface area contributed by atoms with E-state index in [1.165, 1.54) is 18.4 Å². The lowest BCUT2D eigenvalue weighted by atomic mass is 10.0. The van der Waals surface area contributed by atoms with Gasteiger partial charge >= 0.3 is 0 Å². The Kier molecular flexibility index (Phi) is 7.28. The number of piperidine rings is 1. The van der Waals surface area contributed by atoms with Crippen molar-refractivity contribution in [3.63, 3.8) is 0 Å². The van der Waals surface area contributed by atoms with Crippen LogP contribution in [0.25, 0.3) is 0 Å². The van der Waals surface area contributed by atoms with Crippen molar-refractivity contribution in [1.29, 1.82) is 0 Å². The van der Waals surface area contributed by atoms with Crippen LogP contribution in [0.15, 0.2) is 54.6 Å². The number of carbonyl (C=O) groups excluding carboxylic acids is 1. The Morgan fingerprint density at radius 3 is 2.70 bits per heavy atom. The molecule has 1 amide bonds. The fraction of sp³-hybridized carbons (Fsp3) is 0.435. The molecular weight excluding hydrogens is 336 g/mol. The summed E-state index contributed by atoms with van der Waals surface area (Å²) >= 11 is 0. The van der Waals surface area contributed by atoms with Gasteiger partial charge in [-0.05, 0) is 43.0 Å². The van der Waals surface area contributed by atoms with Crippen LogP contribution in [0, 0.1) is 0 Å². The fourth-order valence-corrected chi connectivity index (χ4v) is 3.79. The summed E-state index contributed by atoms with van der Waals surface area (Å²) in [6.07, 6.45) is 4.83. The number of rotatable bonds is 8. The van der Waals surface area contributed by atoms with Crippen LogP contribution in [-0.4, -0.2) is 37.0 Å². The van der Waals surface area contributed by atoms with Gasteiger partial charge in [-0.2, -0.15) is 0 Å². The number of aryl methyl sites for hydroxylation is 1. The first-order chi connectivity index (χ1) is 13.3. The molecule has 0 spiro atoms. The van der Waals surface area contributed by atoms with E-state index in [2.05, 4.69) is 40.5 Å². The van der Waals surface area contributed by atoms with Gasteiger partial charge in [0.25, 0.3) is 0 Å². The summed E-state index contributed by atoms with van der Waals surface area (Å²) in [5.74, 6) is 0.970. The van der Waals surface area contributed by atoms with E-state index in [0.717, 1.165) is 37.4 Å². The lowest BCUT2D eigenvalue weighted by Crippen LogP contribution is -2.46. The van der Waals surface area contributed by atoms with Crippen molar-refractivity contribution < 1.29 is 9.53 Å². The normalized spacial score (nSPS) is 17.4. The molecule has 1 atom stereocenters. The highest BCUT2D eigenvalue weighted by Gasteiger charge is 2.22. The highest BCUT2D eigenvalue weighted by atomic mass is 16.5. The molecule has 3 rings (SSSR count). The average Bonchev–Trinajstić information content (AvgIpc) is 2.72. The topological polar surface area (TPSA) is 41.6 Å². The van der Waals surface area contributed by atoms with Gasteiger partial charge in [-0.3, -0.25) is 9.69 Å². The molecule has 1 fully saturated rings. The lowest BCUT2D eigenvalue weighted by Gasteiger charge is -2.36. The SMILES string of the molecule is COc1ccccc1CCC(=O)NCC1CCCCN1Cc1ccccc1. The summed E-state index contributed by atoms with van der Waals surface area (Å²) < 4.78 is 5.37. The summed E-state index contributed by atoms with van der Waals surface area (Å²) in [4.78, 5) is 14.9. The Hall–Kier alpha value is -2.33. The monoisotopic (exact) mass is 366 g/mol. The van der Waals surface area contributed by atoms with Gasteiger partial charge in [-0.1, -0.05) is 55.0 Å². The Morgan fingerprint density at radius 2 is 1.89 bits per heavy atom. The summed E-state index contributed by atoms with van der Waals surface area (Å²) in [6, 6.07) is 18.9. The lowest BCUT2D eigenvalue weighted by molar-refractivity contribution is -0.121. The first-order valence-electron chi connectivity index (χ1n) is 9.93. The molecule has 0 radical (unpaired) electrons. The van der Waals surface area contributed by atoms with Gasteiger partial charge in [-0.25, -0.2) is 0 Å². The standard InChI is InChI=1S/C23H30N2O2/c1-27-22-13-6-5-11-20(22)14-15-23(26)24-17-21-12-7-8-16-25(21)18-19-9-3-2-4-10-19/h2-6,9-11,13,21H,7-8,12,14-18H2,1H3,(H,24,26). The molecule has 27 heavy (non-hydrogen) atoms. The molecule has 144 valence electrons. The molecule has 0 aliphatic carbocycles. The minimum Gasteiger partial charge on any atom is -0.496 e. The molecule has 1 N–H and O–H groups in total. The molecule has 2 aromatic rings. The number of hydrogen-bond acceptors (Lipinski definition) is 3. The van der Waals surface area contributed by atoms with Crippen molar-refractivity contribution in [3.8, 4) is 5.75 Å². The predicted molar refractivity (Wildman–Crippen MR) is 109 cm³/mol. The summed E-state index contributed by atoms with van der Waals surface area (Å²) in [5, 5.41) is 3.15. The van der Waals surface area contributed by atoms with Gasteiger partial charge in [0, 0.05) is 25.6 Å². The number of carbonyl (C=O) groups is 1. The molecule has 0 aromatic heterocycles. The van der Waals surface area contributed by atoms with Gasteiger partial charge in [0.2, 0.25) is 5.91 Å². The third-order valence-corrected chi connectivity index (χ3v) is 5.33. The first-order valence-corrected chi connectivity index (χ1v) is 9.93. The summed E-state index contributed by atoms with van der Waals surface area (Å²) in [5.41, 5.74) is 2.42. The molecular formula is C23H30N2O2. The van der Waals surface area contributed by atoms with E-state index in [1.807, 2.05) is 24.3 Å². The van der Waals surface area contributed by atoms with E-state index in [9.17, 15) is 4.79 Å². The van der Waals surface area contributed by atoms with Gasteiger partial charge < -0.3 is 10.1 Å². The number of nitrogens with zero attached hydrogens (tertiary/aromatic N) is 1. The quantitative estimate of drug-likeness (QED) is 0.773. The number of amides is 1. The van der Waals surface area contributed by atoms with Gasteiger partial charge in [0.15, 0.2) is 0 Å². The van der Waals surface area contributed by atoms with Crippen LogP contribution in [0.5, 0.6) is 5.75 Å². The van der Waals surface area contributed by atoms with E-state index in [0.29, 0.717) is 18.9 Å². The van der Waals surface area contributed by atoms with Crippen molar-refractivity contribution in [1.82, 2.24) is 10.2 Å². The minimum absolute atomic E-state index is 0.117. The van der Waals surface area contributed by atoms with Crippen molar-refractivity contribution in [2.24, 2.45) is 0 Å². The van der Waals surface area contributed by atoms with Gasteiger partial charge in [0.1, 0.15) is 5.75 Å². The second-order valence-electron chi connectivity index (χ2n) is 7.22.